The smallest absolute Gasteiger partial charge is 0.225 e. The van der Waals surface area contributed by atoms with Crippen molar-refractivity contribution in [2.75, 3.05) is 18.4 Å². The van der Waals surface area contributed by atoms with Gasteiger partial charge in [-0.25, -0.2) is 9.67 Å². The van der Waals surface area contributed by atoms with E-state index in [1.54, 1.807) is 0 Å². The number of anilines is 1. The zero-order valence-electron chi connectivity index (χ0n) is 17.9. The second-order valence-corrected chi connectivity index (χ2v) is 7.64. The average Bonchev–Trinajstić information content (AvgIpc) is 3.21. The zero-order valence-corrected chi connectivity index (χ0v) is 17.9. The molecule has 7 nitrogen and oxygen atoms in total. The summed E-state index contributed by atoms with van der Waals surface area (Å²) in [6.07, 6.45) is 2.43. The number of hydrogen-bond acceptors (Lipinski definition) is 3. The number of guanidine groups is 1. The van der Waals surface area contributed by atoms with Gasteiger partial charge in [-0.15, -0.1) is 0 Å². The lowest BCUT2D eigenvalue weighted by molar-refractivity contribution is -0.116. The standard InChI is InChI=1S/C24H28N6O/c1-3-25-24(27-16-19-14-23(31)28-21-10-6-5-9-20(19)21)26-15-18-8-4-7-11-22(18)30-13-12-17(2)29-30/h4-13,19H,3,14-16H2,1-2H3,(H,28,31)(H2,25,26,27). The van der Waals surface area contributed by atoms with Crippen LogP contribution < -0.4 is 16.0 Å². The third kappa shape index (κ3) is 4.94. The lowest BCUT2D eigenvalue weighted by atomic mass is 9.90. The van der Waals surface area contributed by atoms with E-state index in [2.05, 4.69) is 39.2 Å². The maximum atomic E-state index is 12.1. The van der Waals surface area contributed by atoms with Gasteiger partial charge in [0, 0.05) is 37.3 Å². The summed E-state index contributed by atoms with van der Waals surface area (Å²) in [5.74, 6) is 0.890. The molecule has 0 saturated carbocycles. The summed E-state index contributed by atoms with van der Waals surface area (Å²) in [6, 6.07) is 18.1. The number of carbonyl (C=O) groups excluding carboxylic acids is 1. The molecule has 0 radical (unpaired) electrons. The highest BCUT2D eigenvalue weighted by molar-refractivity contribution is 5.94. The van der Waals surface area contributed by atoms with E-state index in [4.69, 9.17) is 4.99 Å². The first-order valence-electron chi connectivity index (χ1n) is 10.7. The van der Waals surface area contributed by atoms with Gasteiger partial charge in [0.05, 0.1) is 17.9 Å². The molecule has 160 valence electrons. The van der Waals surface area contributed by atoms with Crippen LogP contribution >= 0.6 is 0 Å². The van der Waals surface area contributed by atoms with Gasteiger partial charge in [0.2, 0.25) is 5.91 Å². The molecule has 0 saturated heterocycles. The average molecular weight is 417 g/mol. The van der Waals surface area contributed by atoms with E-state index >= 15 is 0 Å². The lowest BCUT2D eigenvalue weighted by Crippen LogP contribution is -2.40. The third-order valence-corrected chi connectivity index (χ3v) is 5.33. The Hall–Kier alpha value is -3.61. The number of aromatic nitrogens is 2. The van der Waals surface area contributed by atoms with Gasteiger partial charge < -0.3 is 16.0 Å². The summed E-state index contributed by atoms with van der Waals surface area (Å²) in [6.45, 7) is 5.94. The van der Waals surface area contributed by atoms with Gasteiger partial charge in [0.25, 0.3) is 0 Å². The number of benzene rings is 2. The molecule has 1 aliphatic heterocycles. The fourth-order valence-electron chi connectivity index (χ4n) is 3.83. The maximum Gasteiger partial charge on any atom is 0.225 e. The minimum atomic E-state index is 0.0517. The van der Waals surface area contributed by atoms with Crippen LogP contribution in [0.3, 0.4) is 0 Å². The monoisotopic (exact) mass is 416 g/mol. The van der Waals surface area contributed by atoms with Crippen LogP contribution in [0.1, 0.15) is 36.1 Å². The van der Waals surface area contributed by atoms with E-state index in [0.717, 1.165) is 40.7 Å². The molecular formula is C24H28N6O. The van der Waals surface area contributed by atoms with Crippen molar-refractivity contribution in [3.63, 3.8) is 0 Å². The number of hydrogen-bond donors (Lipinski definition) is 3. The number of para-hydroxylation sites is 2. The molecule has 31 heavy (non-hydrogen) atoms. The van der Waals surface area contributed by atoms with Crippen molar-refractivity contribution in [2.24, 2.45) is 4.99 Å². The zero-order chi connectivity index (χ0) is 21.6. The van der Waals surface area contributed by atoms with Crippen molar-refractivity contribution >= 4 is 17.6 Å². The number of carbonyl (C=O) groups is 1. The molecule has 7 heteroatoms. The van der Waals surface area contributed by atoms with Gasteiger partial charge in [-0.3, -0.25) is 4.79 Å². The van der Waals surface area contributed by atoms with Crippen LogP contribution in [0.2, 0.25) is 0 Å². The summed E-state index contributed by atoms with van der Waals surface area (Å²) in [4.78, 5) is 16.9. The second-order valence-electron chi connectivity index (χ2n) is 7.64. The van der Waals surface area contributed by atoms with Gasteiger partial charge >= 0.3 is 0 Å². The SMILES string of the molecule is CCNC(=NCc1ccccc1-n1ccc(C)n1)NCC1CC(=O)Nc2ccccc21. The minimum absolute atomic E-state index is 0.0517. The highest BCUT2D eigenvalue weighted by Crippen LogP contribution is 2.31. The number of amides is 1. The third-order valence-electron chi connectivity index (χ3n) is 5.33. The van der Waals surface area contributed by atoms with Crippen molar-refractivity contribution in [3.05, 3.63) is 77.6 Å². The van der Waals surface area contributed by atoms with Crippen LogP contribution in [-0.4, -0.2) is 34.7 Å². The second kappa shape index (κ2) is 9.47. The van der Waals surface area contributed by atoms with Gasteiger partial charge in [0.15, 0.2) is 5.96 Å². The number of nitrogens with one attached hydrogen (secondary N) is 3. The van der Waals surface area contributed by atoms with Crippen LogP contribution in [0.5, 0.6) is 0 Å². The first-order chi connectivity index (χ1) is 15.1. The predicted octanol–water partition coefficient (Wildman–Crippen LogP) is 3.36. The summed E-state index contributed by atoms with van der Waals surface area (Å²) in [5.41, 5.74) is 5.14. The molecule has 1 amide bonds. The van der Waals surface area contributed by atoms with E-state index in [1.165, 1.54) is 0 Å². The highest BCUT2D eigenvalue weighted by Gasteiger charge is 2.24. The Morgan fingerprint density at radius 1 is 1.16 bits per heavy atom. The Bertz CT molecular complexity index is 1090. The van der Waals surface area contributed by atoms with E-state index in [0.29, 0.717) is 19.5 Å². The molecule has 2 heterocycles. The molecule has 4 rings (SSSR count). The Morgan fingerprint density at radius 2 is 1.97 bits per heavy atom. The molecular weight excluding hydrogens is 388 g/mol. The Kier molecular flexibility index (Phi) is 6.31. The van der Waals surface area contributed by atoms with Crippen LogP contribution in [0, 0.1) is 6.92 Å². The summed E-state index contributed by atoms with van der Waals surface area (Å²) >= 11 is 0. The molecule has 0 spiro atoms. The van der Waals surface area contributed by atoms with Crippen LogP contribution in [-0.2, 0) is 11.3 Å². The number of fused-ring (bicyclic) bond motifs is 1. The quantitative estimate of drug-likeness (QED) is 0.425. The van der Waals surface area contributed by atoms with E-state index in [-0.39, 0.29) is 11.8 Å². The topological polar surface area (TPSA) is 83.3 Å². The fourth-order valence-corrected chi connectivity index (χ4v) is 3.83. The highest BCUT2D eigenvalue weighted by atomic mass is 16.1. The molecule has 3 aromatic rings. The van der Waals surface area contributed by atoms with E-state index < -0.39 is 0 Å². The fraction of sp³-hybridized carbons (Fsp3) is 0.292. The van der Waals surface area contributed by atoms with Gasteiger partial charge in [0.1, 0.15) is 0 Å². The largest absolute Gasteiger partial charge is 0.357 e. The molecule has 1 atom stereocenters. The molecule has 3 N–H and O–H groups in total. The molecule has 2 aromatic carbocycles. The van der Waals surface area contributed by atoms with Crippen LogP contribution in [0.4, 0.5) is 5.69 Å². The molecule has 1 aromatic heterocycles. The van der Waals surface area contributed by atoms with Crippen LogP contribution in [0.25, 0.3) is 5.69 Å². The lowest BCUT2D eigenvalue weighted by Gasteiger charge is -2.26. The van der Waals surface area contributed by atoms with E-state index in [1.807, 2.05) is 61.1 Å². The summed E-state index contributed by atoms with van der Waals surface area (Å²) in [7, 11) is 0. The maximum absolute atomic E-state index is 12.1. The summed E-state index contributed by atoms with van der Waals surface area (Å²) < 4.78 is 1.89. The van der Waals surface area contributed by atoms with E-state index in [9.17, 15) is 4.79 Å². The number of nitrogens with zero attached hydrogens (tertiary/aromatic N) is 3. The van der Waals surface area contributed by atoms with Crippen molar-refractivity contribution in [2.45, 2.75) is 32.7 Å². The molecule has 0 aliphatic carbocycles. The van der Waals surface area contributed by atoms with Crippen molar-refractivity contribution < 1.29 is 4.79 Å². The van der Waals surface area contributed by atoms with Gasteiger partial charge in [-0.2, -0.15) is 5.10 Å². The molecule has 0 bridgehead atoms. The normalized spacial score (nSPS) is 15.9. The number of aryl methyl sites for hydroxylation is 1. The number of rotatable bonds is 6. The van der Waals surface area contributed by atoms with Gasteiger partial charge in [-0.1, -0.05) is 36.4 Å². The molecule has 1 aliphatic rings. The first-order valence-corrected chi connectivity index (χ1v) is 10.7. The minimum Gasteiger partial charge on any atom is -0.357 e. The van der Waals surface area contributed by atoms with Crippen molar-refractivity contribution in [1.82, 2.24) is 20.4 Å². The van der Waals surface area contributed by atoms with Crippen LogP contribution in [0.15, 0.2) is 65.8 Å². The molecule has 1 unspecified atom stereocenters. The molecule has 0 fully saturated rings. The number of aliphatic imine (C=N–C) groups is 1. The summed E-state index contributed by atoms with van der Waals surface area (Å²) in [5, 5.41) is 14.2. The van der Waals surface area contributed by atoms with Gasteiger partial charge in [-0.05, 0) is 43.2 Å². The van der Waals surface area contributed by atoms with Crippen molar-refractivity contribution in [3.8, 4) is 5.69 Å². The first kappa shape index (κ1) is 20.7. The predicted molar refractivity (Wildman–Crippen MR) is 124 cm³/mol. The Balaban J connectivity index is 1.49. The Labute approximate surface area is 182 Å². The van der Waals surface area contributed by atoms with Crippen molar-refractivity contribution in [1.29, 1.82) is 0 Å². The Morgan fingerprint density at radius 3 is 2.77 bits per heavy atom.